The lowest BCUT2D eigenvalue weighted by Crippen LogP contribution is -2.44. The van der Waals surface area contributed by atoms with Crippen LogP contribution in [0, 0.1) is 6.92 Å². The van der Waals surface area contributed by atoms with E-state index in [1.54, 1.807) is 25.1 Å². The van der Waals surface area contributed by atoms with Gasteiger partial charge in [-0.15, -0.1) is 0 Å². The van der Waals surface area contributed by atoms with Crippen molar-refractivity contribution < 1.29 is 26.4 Å². The molecule has 0 radical (unpaired) electrons. The van der Waals surface area contributed by atoms with Crippen LogP contribution in [0.3, 0.4) is 0 Å². The maximum absolute atomic E-state index is 12.7. The number of ether oxygens (including phenoxy) is 1. The number of carbonyl (C=O) groups excluding carboxylic acids is 1. The molecule has 0 saturated carbocycles. The van der Waals surface area contributed by atoms with E-state index >= 15 is 0 Å². The molecule has 1 fully saturated rings. The molecule has 1 saturated heterocycles. The van der Waals surface area contributed by atoms with Crippen LogP contribution in [0.4, 0.5) is 0 Å². The summed E-state index contributed by atoms with van der Waals surface area (Å²) in [6, 6.07) is 9.84. The van der Waals surface area contributed by atoms with E-state index in [1.807, 2.05) is 6.92 Å². The van der Waals surface area contributed by atoms with Gasteiger partial charge in [0.2, 0.25) is 26.0 Å². The second-order valence-electron chi connectivity index (χ2n) is 8.18. The molecule has 0 spiro atoms. The van der Waals surface area contributed by atoms with E-state index in [4.69, 9.17) is 4.74 Å². The first-order valence-corrected chi connectivity index (χ1v) is 14.1. The summed E-state index contributed by atoms with van der Waals surface area (Å²) < 4.78 is 59.9. The predicted molar refractivity (Wildman–Crippen MR) is 128 cm³/mol. The molecular weight excluding hydrogens is 478 g/mol. The molecule has 2 N–H and O–H groups in total. The summed E-state index contributed by atoms with van der Waals surface area (Å²) in [7, 11) is -7.40. The Morgan fingerprint density at radius 1 is 1.03 bits per heavy atom. The Kier molecular flexibility index (Phi) is 8.34. The summed E-state index contributed by atoms with van der Waals surface area (Å²) in [5.74, 6) is 0.103. The smallest absolute Gasteiger partial charge is 0.243 e. The van der Waals surface area contributed by atoms with Gasteiger partial charge in [-0.2, -0.15) is 9.03 Å². The lowest BCUT2D eigenvalue weighted by Gasteiger charge is -2.16. The number of nitrogens with one attached hydrogen (secondary N) is 2. The summed E-state index contributed by atoms with van der Waals surface area (Å²) in [6.45, 7) is 6.73. The van der Waals surface area contributed by atoms with Gasteiger partial charge in [0, 0.05) is 19.6 Å². The molecule has 0 bridgehead atoms. The van der Waals surface area contributed by atoms with Gasteiger partial charge in [0.15, 0.2) is 0 Å². The van der Waals surface area contributed by atoms with Crippen molar-refractivity contribution >= 4 is 26.0 Å². The molecule has 1 atom stereocenters. The molecule has 1 amide bonds. The largest absolute Gasteiger partial charge is 0.494 e. The monoisotopic (exact) mass is 509 g/mol. The number of rotatable bonds is 10. The molecule has 11 heteroatoms. The van der Waals surface area contributed by atoms with Gasteiger partial charge >= 0.3 is 0 Å². The molecule has 0 aliphatic carbocycles. The fourth-order valence-corrected chi connectivity index (χ4v) is 6.46. The topological polar surface area (TPSA) is 122 Å². The van der Waals surface area contributed by atoms with Crippen molar-refractivity contribution in [3.05, 3.63) is 53.6 Å². The summed E-state index contributed by atoms with van der Waals surface area (Å²) in [4.78, 5) is 12.7. The van der Waals surface area contributed by atoms with Crippen molar-refractivity contribution in [2.24, 2.45) is 0 Å². The van der Waals surface area contributed by atoms with Crippen LogP contribution >= 0.6 is 0 Å². The number of hydrogen-bond donors (Lipinski definition) is 2. The highest BCUT2D eigenvalue weighted by atomic mass is 32.2. The summed E-state index contributed by atoms with van der Waals surface area (Å²) in [6.07, 6.45) is 1.73. The van der Waals surface area contributed by atoms with Gasteiger partial charge in [0.25, 0.3) is 0 Å². The van der Waals surface area contributed by atoms with E-state index in [-0.39, 0.29) is 16.3 Å². The number of amides is 1. The number of sulfonamides is 2. The average Bonchev–Trinajstić information content (AvgIpc) is 3.35. The third-order valence-electron chi connectivity index (χ3n) is 5.57. The number of carbonyl (C=O) groups is 1. The van der Waals surface area contributed by atoms with Gasteiger partial charge in [0.05, 0.1) is 22.4 Å². The molecule has 1 aliphatic heterocycles. The lowest BCUT2D eigenvalue weighted by atomic mass is 10.2. The van der Waals surface area contributed by atoms with Crippen LogP contribution in [0.2, 0.25) is 0 Å². The van der Waals surface area contributed by atoms with Crippen molar-refractivity contribution in [2.75, 3.05) is 19.7 Å². The van der Waals surface area contributed by atoms with Crippen LogP contribution in [0.25, 0.3) is 0 Å². The Morgan fingerprint density at radius 2 is 1.65 bits per heavy atom. The summed E-state index contributed by atoms with van der Waals surface area (Å²) in [5, 5.41) is 2.68. The van der Waals surface area contributed by atoms with Crippen LogP contribution < -0.4 is 14.8 Å². The fourth-order valence-electron chi connectivity index (χ4n) is 3.66. The minimum absolute atomic E-state index is 0.0444. The molecule has 9 nitrogen and oxygen atoms in total. The molecule has 2 aromatic carbocycles. The Balaban J connectivity index is 1.58. The quantitative estimate of drug-likeness (QED) is 0.506. The molecule has 34 heavy (non-hydrogen) atoms. The van der Waals surface area contributed by atoms with Gasteiger partial charge in [-0.25, -0.2) is 16.8 Å². The van der Waals surface area contributed by atoms with E-state index < -0.39 is 32.0 Å². The molecule has 0 aromatic heterocycles. The SMILES string of the molecule is CCOc1ccc(S(=O)(=O)NC(C)C(=O)NCc2ccc(S(=O)(=O)N3CCCC3)cc2)cc1C. The van der Waals surface area contributed by atoms with E-state index in [2.05, 4.69) is 10.0 Å². The van der Waals surface area contributed by atoms with Crippen molar-refractivity contribution in [1.82, 2.24) is 14.3 Å². The van der Waals surface area contributed by atoms with Gasteiger partial charge in [-0.1, -0.05) is 12.1 Å². The zero-order valence-corrected chi connectivity index (χ0v) is 21.2. The van der Waals surface area contributed by atoms with Crippen LogP contribution in [0.5, 0.6) is 5.75 Å². The van der Waals surface area contributed by atoms with Crippen molar-refractivity contribution in [3.8, 4) is 5.75 Å². The highest BCUT2D eigenvalue weighted by Crippen LogP contribution is 2.22. The number of benzene rings is 2. The Morgan fingerprint density at radius 3 is 2.24 bits per heavy atom. The number of hydrogen-bond acceptors (Lipinski definition) is 6. The minimum Gasteiger partial charge on any atom is -0.494 e. The third kappa shape index (κ3) is 6.15. The van der Waals surface area contributed by atoms with Gasteiger partial charge in [-0.05, 0) is 75.1 Å². The zero-order valence-electron chi connectivity index (χ0n) is 19.6. The first-order chi connectivity index (χ1) is 16.0. The van der Waals surface area contributed by atoms with Crippen molar-refractivity contribution in [1.29, 1.82) is 0 Å². The molecule has 1 unspecified atom stereocenters. The van der Waals surface area contributed by atoms with Gasteiger partial charge < -0.3 is 10.1 Å². The summed E-state index contributed by atoms with van der Waals surface area (Å²) >= 11 is 0. The van der Waals surface area contributed by atoms with Crippen LogP contribution in [0.1, 0.15) is 37.8 Å². The first kappa shape index (κ1) is 26.1. The normalized spacial score (nSPS) is 15.7. The Hall–Kier alpha value is -2.47. The number of nitrogens with zero attached hydrogens (tertiary/aromatic N) is 1. The molecule has 1 heterocycles. The van der Waals surface area contributed by atoms with E-state index in [9.17, 15) is 21.6 Å². The standard InChI is InChI=1S/C23H31N3O6S2/c1-4-32-22-12-11-21(15-17(22)2)33(28,29)25-18(3)23(27)24-16-19-7-9-20(10-8-19)34(30,31)26-13-5-6-14-26/h7-12,15,18,25H,4-6,13-14,16H2,1-3H3,(H,24,27). The second-order valence-corrected chi connectivity index (χ2v) is 11.8. The minimum atomic E-state index is -3.91. The maximum Gasteiger partial charge on any atom is 0.243 e. The van der Waals surface area contributed by atoms with Crippen LogP contribution in [-0.4, -0.2) is 52.8 Å². The van der Waals surface area contributed by atoms with Crippen molar-refractivity contribution in [2.45, 2.75) is 56.0 Å². The predicted octanol–water partition coefficient (Wildman–Crippen LogP) is 2.16. The fraction of sp³-hybridized carbons (Fsp3) is 0.435. The zero-order chi connectivity index (χ0) is 24.9. The molecular formula is C23H31N3O6S2. The van der Waals surface area contributed by atoms with Crippen LogP contribution in [-0.2, 0) is 31.4 Å². The maximum atomic E-state index is 12.7. The third-order valence-corrected chi connectivity index (χ3v) is 9.03. The van der Waals surface area contributed by atoms with E-state index in [1.165, 1.54) is 35.5 Å². The lowest BCUT2D eigenvalue weighted by molar-refractivity contribution is -0.122. The van der Waals surface area contributed by atoms with Gasteiger partial charge in [0.1, 0.15) is 5.75 Å². The first-order valence-electron chi connectivity index (χ1n) is 11.2. The van der Waals surface area contributed by atoms with E-state index in [0.717, 1.165) is 12.8 Å². The second kappa shape index (κ2) is 10.9. The number of aryl methyl sites for hydroxylation is 1. The molecule has 1 aliphatic rings. The Labute approximate surface area is 201 Å². The Bertz CT molecular complexity index is 1220. The highest BCUT2D eigenvalue weighted by Gasteiger charge is 2.27. The van der Waals surface area contributed by atoms with Gasteiger partial charge in [-0.3, -0.25) is 4.79 Å². The van der Waals surface area contributed by atoms with E-state index in [0.29, 0.717) is 36.6 Å². The highest BCUT2D eigenvalue weighted by molar-refractivity contribution is 7.89. The molecule has 2 aromatic rings. The van der Waals surface area contributed by atoms with Crippen LogP contribution in [0.15, 0.2) is 52.3 Å². The molecule has 186 valence electrons. The average molecular weight is 510 g/mol. The van der Waals surface area contributed by atoms with Crippen molar-refractivity contribution in [3.63, 3.8) is 0 Å². The summed E-state index contributed by atoms with van der Waals surface area (Å²) in [5.41, 5.74) is 1.38. The molecule has 3 rings (SSSR count).